The second-order valence-corrected chi connectivity index (χ2v) is 4.42. The van der Waals surface area contributed by atoms with Crippen LogP contribution in [0.4, 0.5) is 0 Å². The van der Waals surface area contributed by atoms with Crippen molar-refractivity contribution in [2.45, 2.75) is 6.92 Å². The largest absolute Gasteiger partial charge is 0.419 e. The summed E-state index contributed by atoms with van der Waals surface area (Å²) in [5.74, 6) is -0.442. The van der Waals surface area contributed by atoms with Crippen LogP contribution < -0.4 is 4.74 Å². The lowest BCUT2D eigenvalue weighted by Gasteiger charge is -2.07. The molecule has 0 saturated heterocycles. The summed E-state index contributed by atoms with van der Waals surface area (Å²) in [5, 5.41) is 0.562. The van der Waals surface area contributed by atoms with Crippen LogP contribution in [-0.4, -0.2) is 11.0 Å². The number of aryl methyl sites for hydroxylation is 1. The molecule has 0 amide bonds. The van der Waals surface area contributed by atoms with Gasteiger partial charge in [-0.05, 0) is 31.2 Å². The number of para-hydroxylation sites is 1. The molecule has 18 heavy (non-hydrogen) atoms. The summed E-state index contributed by atoms with van der Waals surface area (Å²) < 4.78 is 5.15. The fourth-order valence-electron chi connectivity index (χ4n) is 1.38. The summed E-state index contributed by atoms with van der Waals surface area (Å²) in [7, 11) is 0. The Morgan fingerprint density at radius 1 is 1.11 bits per heavy atom. The van der Waals surface area contributed by atoms with Crippen LogP contribution in [0.1, 0.15) is 16.2 Å². The molecule has 0 N–H and O–H groups in total. The van der Waals surface area contributed by atoms with Crippen molar-refractivity contribution < 1.29 is 9.53 Å². The van der Waals surface area contributed by atoms with E-state index < -0.39 is 5.97 Å². The maximum atomic E-state index is 11.9. The molecule has 0 spiro atoms. The van der Waals surface area contributed by atoms with E-state index in [9.17, 15) is 4.79 Å². The van der Waals surface area contributed by atoms with Gasteiger partial charge in [0.1, 0.15) is 5.69 Å². The van der Waals surface area contributed by atoms with E-state index in [1.54, 1.807) is 43.3 Å². The fraction of sp³-hybridized carbons (Fsp3) is 0.0769. The third-order valence-corrected chi connectivity index (χ3v) is 2.81. The first-order valence-corrected chi connectivity index (χ1v) is 5.93. The third kappa shape index (κ3) is 2.81. The zero-order chi connectivity index (χ0) is 13.1. The van der Waals surface area contributed by atoms with Gasteiger partial charge in [-0.25, -0.2) is 9.78 Å². The highest BCUT2D eigenvalue weighted by molar-refractivity contribution is 6.37. The van der Waals surface area contributed by atoms with Gasteiger partial charge >= 0.3 is 5.97 Å². The molecule has 5 heteroatoms. The van der Waals surface area contributed by atoms with Gasteiger partial charge < -0.3 is 4.74 Å². The van der Waals surface area contributed by atoms with E-state index >= 15 is 0 Å². The standard InChI is InChI=1S/C13H9Cl2NO2/c1-8-4-2-7-11(16-8)13(17)18-12-9(14)5-3-6-10(12)15/h2-7H,1H3. The highest BCUT2D eigenvalue weighted by atomic mass is 35.5. The van der Waals surface area contributed by atoms with Gasteiger partial charge in [0.05, 0.1) is 10.0 Å². The number of ether oxygens (including phenoxy) is 1. The molecule has 0 aliphatic heterocycles. The van der Waals surface area contributed by atoms with Gasteiger partial charge in [0.15, 0.2) is 5.75 Å². The number of aromatic nitrogens is 1. The van der Waals surface area contributed by atoms with Crippen molar-refractivity contribution in [3.63, 3.8) is 0 Å². The number of esters is 1. The SMILES string of the molecule is Cc1cccc(C(=O)Oc2c(Cl)cccc2Cl)n1. The van der Waals surface area contributed by atoms with Gasteiger partial charge in [-0.3, -0.25) is 0 Å². The normalized spacial score (nSPS) is 10.2. The van der Waals surface area contributed by atoms with Crippen molar-refractivity contribution in [1.82, 2.24) is 4.98 Å². The number of pyridine rings is 1. The number of carbonyl (C=O) groups excluding carboxylic acids is 1. The molecule has 0 radical (unpaired) electrons. The molecule has 0 fully saturated rings. The summed E-state index contributed by atoms with van der Waals surface area (Å²) in [6.45, 7) is 1.79. The molecule has 3 nitrogen and oxygen atoms in total. The van der Waals surface area contributed by atoms with Crippen LogP contribution in [0, 0.1) is 6.92 Å². The molecule has 0 bridgehead atoms. The number of nitrogens with zero attached hydrogens (tertiary/aromatic N) is 1. The number of hydrogen-bond acceptors (Lipinski definition) is 3. The molecule has 2 rings (SSSR count). The first kappa shape index (κ1) is 12.9. The summed E-state index contributed by atoms with van der Waals surface area (Å²) in [4.78, 5) is 15.9. The zero-order valence-electron chi connectivity index (χ0n) is 9.48. The molecule has 1 heterocycles. The van der Waals surface area contributed by atoms with Gasteiger partial charge in [-0.15, -0.1) is 0 Å². The Bertz CT molecular complexity index is 579. The minimum atomic E-state index is -0.589. The van der Waals surface area contributed by atoms with E-state index in [0.29, 0.717) is 0 Å². The van der Waals surface area contributed by atoms with Crippen molar-refractivity contribution in [2.75, 3.05) is 0 Å². The number of rotatable bonds is 2. The van der Waals surface area contributed by atoms with Gasteiger partial charge in [0.2, 0.25) is 0 Å². The maximum Gasteiger partial charge on any atom is 0.362 e. The average molecular weight is 282 g/mol. The predicted octanol–water partition coefficient (Wildman–Crippen LogP) is 3.92. The van der Waals surface area contributed by atoms with Gasteiger partial charge in [0.25, 0.3) is 0 Å². The Morgan fingerprint density at radius 2 is 1.72 bits per heavy atom. The van der Waals surface area contributed by atoms with Crippen LogP contribution in [0.5, 0.6) is 5.75 Å². The smallest absolute Gasteiger partial charge is 0.362 e. The molecular weight excluding hydrogens is 273 g/mol. The number of carbonyl (C=O) groups is 1. The van der Waals surface area contributed by atoms with E-state index in [1.165, 1.54) is 0 Å². The fourth-order valence-corrected chi connectivity index (χ4v) is 1.86. The molecule has 0 saturated carbocycles. The third-order valence-electron chi connectivity index (χ3n) is 2.21. The second kappa shape index (κ2) is 5.38. The van der Waals surface area contributed by atoms with Gasteiger partial charge in [0, 0.05) is 5.69 Å². The number of halogens is 2. The summed E-state index contributed by atoms with van der Waals surface area (Å²) in [6, 6.07) is 9.96. The molecule has 2 aromatic rings. The first-order chi connectivity index (χ1) is 8.58. The van der Waals surface area contributed by atoms with Crippen LogP contribution in [0.15, 0.2) is 36.4 Å². The Morgan fingerprint density at radius 3 is 2.33 bits per heavy atom. The Labute approximate surface area is 114 Å². The maximum absolute atomic E-state index is 11.9. The number of benzene rings is 1. The van der Waals surface area contributed by atoms with Crippen LogP contribution in [0.25, 0.3) is 0 Å². The van der Waals surface area contributed by atoms with Crippen LogP contribution in [0.2, 0.25) is 10.0 Å². The Hall–Kier alpha value is -1.58. The highest BCUT2D eigenvalue weighted by Crippen LogP contribution is 2.32. The Balaban J connectivity index is 2.27. The van der Waals surface area contributed by atoms with E-state index in [4.69, 9.17) is 27.9 Å². The van der Waals surface area contributed by atoms with Crippen LogP contribution >= 0.6 is 23.2 Å². The van der Waals surface area contributed by atoms with E-state index in [0.717, 1.165) is 5.69 Å². The van der Waals surface area contributed by atoms with Crippen molar-refractivity contribution in [3.05, 3.63) is 57.8 Å². The molecule has 0 aliphatic rings. The minimum absolute atomic E-state index is 0.147. The quantitative estimate of drug-likeness (QED) is 0.619. The zero-order valence-corrected chi connectivity index (χ0v) is 11.0. The molecule has 1 aromatic carbocycles. The summed E-state index contributed by atoms with van der Waals surface area (Å²) >= 11 is 11.8. The highest BCUT2D eigenvalue weighted by Gasteiger charge is 2.14. The van der Waals surface area contributed by atoms with Crippen LogP contribution in [0.3, 0.4) is 0 Å². The monoisotopic (exact) mass is 281 g/mol. The summed E-state index contributed by atoms with van der Waals surface area (Å²) in [6.07, 6.45) is 0. The van der Waals surface area contributed by atoms with Crippen molar-refractivity contribution in [2.24, 2.45) is 0 Å². The van der Waals surface area contributed by atoms with Crippen molar-refractivity contribution in [3.8, 4) is 5.75 Å². The average Bonchev–Trinajstić information content (AvgIpc) is 2.34. The summed E-state index contributed by atoms with van der Waals surface area (Å²) in [5.41, 5.74) is 0.945. The first-order valence-electron chi connectivity index (χ1n) is 5.18. The predicted molar refractivity (Wildman–Crippen MR) is 70.4 cm³/mol. The molecule has 92 valence electrons. The molecule has 0 unspecified atom stereocenters. The molecule has 0 atom stereocenters. The molecular formula is C13H9Cl2NO2. The second-order valence-electron chi connectivity index (χ2n) is 3.60. The number of hydrogen-bond donors (Lipinski definition) is 0. The molecule has 0 aliphatic carbocycles. The topological polar surface area (TPSA) is 39.2 Å². The van der Waals surface area contributed by atoms with Crippen molar-refractivity contribution >= 4 is 29.2 Å². The van der Waals surface area contributed by atoms with E-state index in [1.807, 2.05) is 0 Å². The van der Waals surface area contributed by atoms with E-state index in [-0.39, 0.29) is 21.5 Å². The minimum Gasteiger partial charge on any atom is -0.419 e. The van der Waals surface area contributed by atoms with Gasteiger partial charge in [-0.2, -0.15) is 0 Å². The molecule has 1 aromatic heterocycles. The van der Waals surface area contributed by atoms with Crippen molar-refractivity contribution in [1.29, 1.82) is 0 Å². The van der Waals surface area contributed by atoms with Gasteiger partial charge in [-0.1, -0.05) is 35.3 Å². The lowest BCUT2D eigenvalue weighted by molar-refractivity contribution is 0.0728. The lowest BCUT2D eigenvalue weighted by Crippen LogP contribution is -2.11. The Kier molecular flexibility index (Phi) is 3.84. The van der Waals surface area contributed by atoms with E-state index in [2.05, 4.69) is 4.98 Å². The van der Waals surface area contributed by atoms with Crippen LogP contribution in [-0.2, 0) is 0 Å². The lowest BCUT2D eigenvalue weighted by atomic mass is 10.3.